The van der Waals surface area contributed by atoms with Crippen LogP contribution in [-0.4, -0.2) is 39.1 Å². The number of quaternary nitrogens is 1. The molecule has 0 aliphatic carbocycles. The van der Waals surface area contributed by atoms with E-state index in [1.165, 1.54) is 4.90 Å². The smallest absolute Gasteiger partial charge is 0.221 e. The zero-order valence-corrected chi connectivity index (χ0v) is 14.2. The lowest BCUT2D eigenvalue weighted by Crippen LogP contribution is -3.12. The number of hydrogen-bond acceptors (Lipinski definition) is 3. The molecule has 118 valence electrons. The molecule has 0 amide bonds. The fraction of sp³-hybridized carbons (Fsp3) is 0.429. The van der Waals surface area contributed by atoms with Crippen molar-refractivity contribution in [2.24, 2.45) is 0 Å². The minimum atomic E-state index is -0.165. The predicted molar refractivity (Wildman–Crippen MR) is 88.8 cm³/mol. The summed E-state index contributed by atoms with van der Waals surface area (Å²) in [4.78, 5) is 5.76. The Bertz CT molecular complexity index is 722. The van der Waals surface area contributed by atoms with E-state index in [2.05, 4.69) is 10.1 Å². The van der Waals surface area contributed by atoms with Gasteiger partial charge in [-0.1, -0.05) is 23.2 Å². The van der Waals surface area contributed by atoms with Gasteiger partial charge in [-0.05, 0) is 30.4 Å². The number of hydrogen-bond donors (Lipinski definition) is 3. The molecule has 1 aliphatic heterocycles. The second-order valence-electron chi connectivity index (χ2n) is 5.55. The second kappa shape index (κ2) is 6.68. The number of likely N-dealkylation sites (tertiary alicyclic amines) is 1. The molecule has 2 aromatic rings. The zero-order valence-electron chi connectivity index (χ0n) is 11.9. The Hall–Kier alpha value is -0.920. The lowest BCUT2D eigenvalue weighted by atomic mass is 10.1. The molecular formula is C14H17Cl2N4OS+. The number of aliphatic hydroxyl groups excluding tert-OH is 1. The topological polar surface area (TPSA) is 58.3 Å². The van der Waals surface area contributed by atoms with E-state index >= 15 is 0 Å². The van der Waals surface area contributed by atoms with Crippen LogP contribution in [0.15, 0.2) is 18.2 Å². The van der Waals surface area contributed by atoms with Gasteiger partial charge in [-0.25, -0.2) is 4.68 Å². The molecule has 1 fully saturated rings. The summed E-state index contributed by atoms with van der Waals surface area (Å²) >= 11 is 17.5. The Morgan fingerprint density at radius 1 is 1.36 bits per heavy atom. The number of H-pyrrole nitrogens is 1. The summed E-state index contributed by atoms with van der Waals surface area (Å²) in [6, 6.07) is 5.29. The molecule has 1 saturated heterocycles. The van der Waals surface area contributed by atoms with Crippen LogP contribution in [0.5, 0.6) is 0 Å². The van der Waals surface area contributed by atoms with Crippen LogP contribution in [0, 0.1) is 4.77 Å². The van der Waals surface area contributed by atoms with Gasteiger partial charge in [-0.15, -0.1) is 0 Å². The van der Waals surface area contributed by atoms with Gasteiger partial charge >= 0.3 is 0 Å². The molecule has 0 bridgehead atoms. The van der Waals surface area contributed by atoms with Crippen molar-refractivity contribution in [1.29, 1.82) is 0 Å². The molecule has 5 nitrogen and oxygen atoms in total. The molecule has 0 saturated carbocycles. The van der Waals surface area contributed by atoms with Crippen LogP contribution in [0.3, 0.4) is 0 Å². The molecule has 0 spiro atoms. The number of benzene rings is 1. The summed E-state index contributed by atoms with van der Waals surface area (Å²) in [6.07, 6.45) is 1.49. The van der Waals surface area contributed by atoms with Gasteiger partial charge in [0.15, 0.2) is 12.5 Å². The van der Waals surface area contributed by atoms with Crippen LogP contribution in [0.25, 0.3) is 11.4 Å². The SMILES string of the molecule is OC1CC[NH+](Cn2[nH]c(-c3ccc(Cl)cc3Cl)nc2=S)CC1. The van der Waals surface area contributed by atoms with Gasteiger partial charge in [0.1, 0.15) is 0 Å². The number of halogens is 2. The van der Waals surface area contributed by atoms with Gasteiger partial charge in [0, 0.05) is 23.4 Å². The highest BCUT2D eigenvalue weighted by atomic mass is 35.5. The second-order valence-corrected chi connectivity index (χ2v) is 6.76. The maximum atomic E-state index is 9.57. The van der Waals surface area contributed by atoms with Crippen LogP contribution >= 0.6 is 35.4 Å². The minimum absolute atomic E-state index is 0.165. The Balaban J connectivity index is 1.80. The zero-order chi connectivity index (χ0) is 15.7. The van der Waals surface area contributed by atoms with Crippen molar-refractivity contribution in [2.45, 2.75) is 25.6 Å². The van der Waals surface area contributed by atoms with Crippen LogP contribution in [0.4, 0.5) is 0 Å². The van der Waals surface area contributed by atoms with E-state index in [9.17, 15) is 5.11 Å². The van der Waals surface area contributed by atoms with E-state index in [0.717, 1.165) is 31.5 Å². The van der Waals surface area contributed by atoms with Gasteiger partial charge < -0.3 is 10.0 Å². The Labute approximate surface area is 143 Å². The molecule has 3 rings (SSSR count). The van der Waals surface area contributed by atoms with Crippen molar-refractivity contribution in [3.05, 3.63) is 33.0 Å². The number of nitrogens with zero attached hydrogens (tertiary/aromatic N) is 2. The fourth-order valence-electron chi connectivity index (χ4n) is 2.66. The maximum absolute atomic E-state index is 9.57. The molecule has 1 aromatic heterocycles. The van der Waals surface area contributed by atoms with Gasteiger partial charge in [0.2, 0.25) is 4.77 Å². The van der Waals surface area contributed by atoms with Gasteiger partial charge in [-0.3, -0.25) is 5.10 Å². The van der Waals surface area contributed by atoms with Crippen molar-refractivity contribution in [1.82, 2.24) is 14.8 Å². The lowest BCUT2D eigenvalue weighted by Gasteiger charge is -2.26. The molecule has 3 N–H and O–H groups in total. The van der Waals surface area contributed by atoms with E-state index in [0.29, 0.717) is 27.3 Å². The Kier molecular flexibility index (Phi) is 4.84. The van der Waals surface area contributed by atoms with Crippen LogP contribution in [-0.2, 0) is 6.67 Å². The first-order valence-electron chi connectivity index (χ1n) is 7.17. The highest BCUT2D eigenvalue weighted by Gasteiger charge is 2.21. The van der Waals surface area contributed by atoms with Gasteiger partial charge in [0.25, 0.3) is 0 Å². The predicted octanol–water partition coefficient (Wildman–Crippen LogP) is 1.91. The van der Waals surface area contributed by atoms with Crippen molar-refractivity contribution in [3.63, 3.8) is 0 Å². The molecular weight excluding hydrogens is 343 g/mol. The third-order valence-corrected chi connectivity index (χ3v) is 4.77. The molecule has 22 heavy (non-hydrogen) atoms. The number of aromatic nitrogens is 3. The Morgan fingerprint density at radius 3 is 2.77 bits per heavy atom. The average Bonchev–Trinajstić information content (AvgIpc) is 2.82. The maximum Gasteiger partial charge on any atom is 0.221 e. The highest BCUT2D eigenvalue weighted by molar-refractivity contribution is 7.71. The number of rotatable bonds is 3. The monoisotopic (exact) mass is 359 g/mol. The van der Waals surface area contributed by atoms with Crippen molar-refractivity contribution >= 4 is 35.4 Å². The summed E-state index contributed by atoms with van der Waals surface area (Å²) in [7, 11) is 0. The third kappa shape index (κ3) is 3.52. The molecule has 8 heteroatoms. The van der Waals surface area contributed by atoms with E-state index in [-0.39, 0.29) is 6.10 Å². The summed E-state index contributed by atoms with van der Waals surface area (Å²) in [5.41, 5.74) is 0.778. The molecule has 0 unspecified atom stereocenters. The largest absolute Gasteiger partial charge is 0.393 e. The van der Waals surface area contributed by atoms with Crippen LogP contribution in [0.1, 0.15) is 12.8 Å². The quantitative estimate of drug-likeness (QED) is 0.733. The van der Waals surface area contributed by atoms with E-state index in [1.54, 1.807) is 12.1 Å². The molecule has 0 radical (unpaired) electrons. The van der Waals surface area contributed by atoms with E-state index in [1.807, 2.05) is 10.7 Å². The van der Waals surface area contributed by atoms with Gasteiger partial charge in [-0.2, -0.15) is 4.98 Å². The average molecular weight is 360 g/mol. The summed E-state index contributed by atoms with van der Waals surface area (Å²) in [5, 5.41) is 13.9. The first kappa shape index (κ1) is 16.0. The molecule has 2 heterocycles. The van der Waals surface area contributed by atoms with Crippen molar-refractivity contribution < 1.29 is 10.0 Å². The van der Waals surface area contributed by atoms with Crippen molar-refractivity contribution in [2.75, 3.05) is 13.1 Å². The van der Waals surface area contributed by atoms with Gasteiger partial charge in [0.05, 0.1) is 24.2 Å². The van der Waals surface area contributed by atoms with Crippen LogP contribution in [0.2, 0.25) is 10.0 Å². The standard InChI is InChI=1S/C14H16Cl2N4OS/c15-9-1-2-11(12(16)7-9)13-17-14(22)20(18-13)8-19-5-3-10(21)4-6-19/h1-2,7,10,21H,3-6,8H2,(H,17,18,22)/p+1. The normalized spacial score (nSPS) is 22.0. The highest BCUT2D eigenvalue weighted by Crippen LogP contribution is 2.27. The number of nitrogens with one attached hydrogen (secondary N) is 2. The summed E-state index contributed by atoms with van der Waals surface area (Å²) in [5.74, 6) is 0.642. The number of piperidine rings is 1. The molecule has 1 aromatic carbocycles. The van der Waals surface area contributed by atoms with E-state index < -0.39 is 0 Å². The van der Waals surface area contributed by atoms with E-state index in [4.69, 9.17) is 35.4 Å². The molecule has 1 aliphatic rings. The first-order chi connectivity index (χ1) is 10.5. The molecule has 0 atom stereocenters. The number of aromatic amines is 1. The van der Waals surface area contributed by atoms with Crippen molar-refractivity contribution in [3.8, 4) is 11.4 Å². The Morgan fingerprint density at radius 2 is 2.09 bits per heavy atom. The fourth-order valence-corrected chi connectivity index (χ4v) is 3.36. The summed E-state index contributed by atoms with van der Waals surface area (Å²) < 4.78 is 2.35. The number of aliphatic hydroxyl groups is 1. The lowest BCUT2D eigenvalue weighted by molar-refractivity contribution is -0.929. The van der Waals surface area contributed by atoms with Crippen LogP contribution < -0.4 is 4.90 Å². The first-order valence-corrected chi connectivity index (χ1v) is 8.33. The summed E-state index contributed by atoms with van der Waals surface area (Å²) in [6.45, 7) is 2.57. The minimum Gasteiger partial charge on any atom is -0.393 e. The third-order valence-electron chi connectivity index (χ3n) is 3.91.